The number of aryl methyl sites for hydroxylation is 1. The molecule has 0 unspecified atom stereocenters. The number of hydrogen-bond acceptors (Lipinski definition) is 5. The van der Waals surface area contributed by atoms with Crippen LogP contribution < -0.4 is 11.1 Å². The molecule has 0 aromatic heterocycles. The van der Waals surface area contributed by atoms with Crippen LogP contribution in [0.3, 0.4) is 0 Å². The van der Waals surface area contributed by atoms with Crippen molar-refractivity contribution in [2.24, 2.45) is 10.7 Å². The van der Waals surface area contributed by atoms with Crippen molar-refractivity contribution in [3.8, 4) is 0 Å². The van der Waals surface area contributed by atoms with Crippen LogP contribution in [-0.2, 0) is 11.3 Å². The summed E-state index contributed by atoms with van der Waals surface area (Å²) in [5, 5.41) is 20.2. The standard InChI is InChI=1S/C25H32N4O3/c1-15(2)10-11-21(22(26)25(31)32)28-14-19-12-16(3)13-20(24(27)30)23(19)29-17(4)18-8-6-5-7-9-18/h8,10-13,26,28H,5-7,9,14H2,1-4H3,(H2,27,30)(H,31,32)/b21-11+,26-22?,29-17?. The number of carbonyl (C=O) groups is 2. The van der Waals surface area contributed by atoms with Crippen LogP contribution in [0.15, 0.2) is 52.2 Å². The quantitative estimate of drug-likeness (QED) is 0.329. The molecule has 1 amide bonds. The van der Waals surface area contributed by atoms with E-state index in [2.05, 4.69) is 11.4 Å². The van der Waals surface area contributed by atoms with Crippen molar-refractivity contribution >= 4 is 29.0 Å². The Bertz CT molecular complexity index is 1040. The molecule has 1 aliphatic rings. The number of nitrogens with two attached hydrogens (primary N) is 1. The number of aliphatic imine (C=N–C) groups is 1. The number of nitrogens with one attached hydrogen (secondary N) is 2. The van der Waals surface area contributed by atoms with Crippen LogP contribution in [0.1, 0.15) is 67.9 Å². The minimum absolute atomic E-state index is 0.169. The molecule has 5 N–H and O–H groups in total. The highest BCUT2D eigenvalue weighted by Crippen LogP contribution is 2.29. The largest absolute Gasteiger partial charge is 0.476 e. The molecule has 0 atom stereocenters. The molecule has 0 saturated heterocycles. The summed E-state index contributed by atoms with van der Waals surface area (Å²) in [7, 11) is 0. The molecule has 0 fully saturated rings. The molecule has 7 heteroatoms. The van der Waals surface area contributed by atoms with Gasteiger partial charge in [0.05, 0.1) is 16.9 Å². The fourth-order valence-electron chi connectivity index (χ4n) is 3.50. The van der Waals surface area contributed by atoms with Gasteiger partial charge in [-0.2, -0.15) is 0 Å². The average Bonchev–Trinajstić information content (AvgIpc) is 2.74. The van der Waals surface area contributed by atoms with Gasteiger partial charge in [-0.05, 0) is 82.2 Å². The van der Waals surface area contributed by atoms with Crippen molar-refractivity contribution < 1.29 is 14.7 Å². The lowest BCUT2D eigenvalue weighted by molar-refractivity contribution is -0.129. The van der Waals surface area contributed by atoms with E-state index in [1.807, 2.05) is 33.8 Å². The minimum atomic E-state index is -1.33. The first kappa shape index (κ1) is 24.8. The number of carboxylic acids is 1. The Kier molecular flexibility index (Phi) is 8.70. The fraction of sp³-hybridized carbons (Fsp3) is 0.360. The molecule has 0 bridgehead atoms. The van der Waals surface area contributed by atoms with Gasteiger partial charge in [-0.1, -0.05) is 23.8 Å². The summed E-state index contributed by atoms with van der Waals surface area (Å²) in [4.78, 5) is 28.3. The van der Waals surface area contributed by atoms with Crippen molar-refractivity contribution in [2.75, 3.05) is 0 Å². The number of rotatable bonds is 9. The Hall–Kier alpha value is -3.48. The molecule has 1 aromatic carbocycles. The number of carboxylic acid groups (broad SMARTS) is 1. The topological polar surface area (TPSA) is 129 Å². The molecule has 170 valence electrons. The molecule has 1 aromatic rings. The highest BCUT2D eigenvalue weighted by atomic mass is 16.4. The molecule has 0 aliphatic heterocycles. The van der Waals surface area contributed by atoms with Crippen molar-refractivity contribution in [1.29, 1.82) is 5.41 Å². The SMILES string of the molecule is CC(C)=C/C=C(/NCc1cc(C)cc(C(N)=O)c1N=C(C)C1=CCCCC1)C(=N)C(=O)O. The Morgan fingerprint density at radius 3 is 2.50 bits per heavy atom. The Balaban J connectivity index is 2.50. The summed E-state index contributed by atoms with van der Waals surface area (Å²) in [6, 6.07) is 3.61. The van der Waals surface area contributed by atoms with Gasteiger partial charge in [-0.25, -0.2) is 4.79 Å². The van der Waals surface area contributed by atoms with E-state index in [-0.39, 0.29) is 12.2 Å². The number of carbonyl (C=O) groups excluding carboxylic acids is 1. The van der Waals surface area contributed by atoms with Gasteiger partial charge < -0.3 is 16.2 Å². The van der Waals surface area contributed by atoms with Crippen molar-refractivity contribution in [2.45, 2.75) is 59.9 Å². The van der Waals surface area contributed by atoms with Crippen molar-refractivity contribution in [3.05, 3.63) is 63.9 Å². The van der Waals surface area contributed by atoms with E-state index in [0.29, 0.717) is 16.8 Å². The first-order valence-electron chi connectivity index (χ1n) is 10.7. The zero-order valence-electron chi connectivity index (χ0n) is 19.2. The van der Waals surface area contributed by atoms with E-state index in [1.54, 1.807) is 18.2 Å². The maximum atomic E-state index is 12.2. The Morgan fingerprint density at radius 2 is 1.94 bits per heavy atom. The van der Waals surface area contributed by atoms with Crippen LogP contribution in [0.4, 0.5) is 5.69 Å². The summed E-state index contributed by atoms with van der Waals surface area (Å²) in [5.41, 5.74) is 10.6. The third-order valence-corrected chi connectivity index (χ3v) is 5.17. The van der Waals surface area contributed by atoms with Gasteiger partial charge >= 0.3 is 5.97 Å². The molecule has 0 saturated carbocycles. The number of hydrogen-bond donors (Lipinski definition) is 4. The number of benzene rings is 1. The van der Waals surface area contributed by atoms with Crippen LogP contribution in [-0.4, -0.2) is 28.4 Å². The number of nitrogens with zero attached hydrogens (tertiary/aromatic N) is 1. The second-order valence-electron chi connectivity index (χ2n) is 8.21. The maximum Gasteiger partial charge on any atom is 0.355 e. The molecular formula is C25H32N4O3. The molecule has 7 nitrogen and oxygen atoms in total. The van der Waals surface area contributed by atoms with E-state index in [1.165, 1.54) is 12.0 Å². The Morgan fingerprint density at radius 1 is 1.22 bits per heavy atom. The highest BCUT2D eigenvalue weighted by Gasteiger charge is 2.18. The lowest BCUT2D eigenvalue weighted by atomic mass is 9.96. The average molecular weight is 437 g/mol. The molecule has 0 radical (unpaired) electrons. The van der Waals surface area contributed by atoms with E-state index in [4.69, 9.17) is 16.1 Å². The normalized spacial score (nSPS) is 14.4. The van der Waals surface area contributed by atoms with E-state index in [0.717, 1.165) is 36.1 Å². The molecule has 0 heterocycles. The molecular weight excluding hydrogens is 404 g/mol. The van der Waals surface area contributed by atoms with Crippen LogP contribution in [0, 0.1) is 12.3 Å². The zero-order chi connectivity index (χ0) is 23.8. The smallest absolute Gasteiger partial charge is 0.355 e. The van der Waals surface area contributed by atoms with Crippen LogP contribution in [0.25, 0.3) is 0 Å². The summed E-state index contributed by atoms with van der Waals surface area (Å²) in [6.45, 7) is 7.74. The third kappa shape index (κ3) is 6.77. The van der Waals surface area contributed by atoms with Crippen LogP contribution in [0.2, 0.25) is 0 Å². The summed E-state index contributed by atoms with van der Waals surface area (Å²) < 4.78 is 0. The van der Waals surface area contributed by atoms with Gasteiger partial charge in [-0.15, -0.1) is 0 Å². The number of aliphatic carboxylic acids is 1. The van der Waals surface area contributed by atoms with Crippen molar-refractivity contribution in [1.82, 2.24) is 5.32 Å². The third-order valence-electron chi connectivity index (χ3n) is 5.17. The number of amides is 1. The number of primary amides is 1. The van der Waals surface area contributed by atoms with E-state index >= 15 is 0 Å². The first-order chi connectivity index (χ1) is 15.1. The fourth-order valence-corrected chi connectivity index (χ4v) is 3.50. The van der Waals surface area contributed by atoms with Gasteiger partial charge in [0.15, 0.2) is 5.71 Å². The molecule has 0 spiro atoms. The predicted octanol–water partition coefficient (Wildman–Crippen LogP) is 4.73. The second-order valence-corrected chi connectivity index (χ2v) is 8.21. The van der Waals surface area contributed by atoms with Crippen LogP contribution >= 0.6 is 0 Å². The van der Waals surface area contributed by atoms with Crippen molar-refractivity contribution in [3.63, 3.8) is 0 Å². The van der Waals surface area contributed by atoms with Gasteiger partial charge in [-0.3, -0.25) is 15.2 Å². The molecule has 1 aliphatic carbocycles. The second kappa shape index (κ2) is 11.2. The first-order valence-corrected chi connectivity index (χ1v) is 10.7. The predicted molar refractivity (Wildman–Crippen MR) is 129 cm³/mol. The molecule has 32 heavy (non-hydrogen) atoms. The van der Waals surface area contributed by atoms with Gasteiger partial charge in [0.25, 0.3) is 5.91 Å². The summed E-state index contributed by atoms with van der Waals surface area (Å²) in [5.74, 6) is -1.90. The zero-order valence-corrected chi connectivity index (χ0v) is 19.2. The molecule has 2 rings (SSSR count). The van der Waals surface area contributed by atoms with Gasteiger partial charge in [0, 0.05) is 12.3 Å². The van der Waals surface area contributed by atoms with Gasteiger partial charge in [0.1, 0.15) is 0 Å². The monoisotopic (exact) mass is 436 g/mol. The Labute approximate surface area is 189 Å². The minimum Gasteiger partial charge on any atom is -0.476 e. The van der Waals surface area contributed by atoms with E-state index in [9.17, 15) is 14.7 Å². The summed E-state index contributed by atoms with van der Waals surface area (Å²) >= 11 is 0. The summed E-state index contributed by atoms with van der Waals surface area (Å²) in [6.07, 6.45) is 9.74. The lowest BCUT2D eigenvalue weighted by Crippen LogP contribution is -2.25. The van der Waals surface area contributed by atoms with Crippen LogP contribution in [0.5, 0.6) is 0 Å². The van der Waals surface area contributed by atoms with E-state index < -0.39 is 17.6 Å². The lowest BCUT2D eigenvalue weighted by Gasteiger charge is -2.17. The highest BCUT2D eigenvalue weighted by molar-refractivity contribution is 6.41. The van der Waals surface area contributed by atoms with Gasteiger partial charge in [0.2, 0.25) is 0 Å². The maximum absolute atomic E-state index is 12.2. The number of allylic oxidation sites excluding steroid dienone is 5.